The number of aryl methyl sites for hydroxylation is 1. The van der Waals surface area contributed by atoms with Crippen LogP contribution in [0.2, 0.25) is 0 Å². The van der Waals surface area contributed by atoms with Crippen LogP contribution < -0.4 is 4.90 Å². The molecule has 24 heavy (non-hydrogen) atoms. The smallest absolute Gasteiger partial charge is 0.258 e. The molecule has 122 valence electrons. The van der Waals surface area contributed by atoms with Crippen LogP contribution >= 0.6 is 0 Å². The molecule has 1 aromatic heterocycles. The number of rotatable bonds is 3. The number of carbonyl (C=O) groups excluding carboxylic acids is 1. The molecule has 0 bridgehead atoms. The Bertz CT molecular complexity index is 915. The van der Waals surface area contributed by atoms with Gasteiger partial charge in [0.1, 0.15) is 5.52 Å². The number of aromatic nitrogens is 3. The number of anilines is 1. The standard InChI is InChI=1S/C19H20N4O/c1-3-10-22-18-9-8-15(12-16(18)20-21-22)19(24)23-13(2)11-14-6-4-5-7-17(14)23/h4-9,12-13H,3,10-11H2,1-2H3/t13-/m1/s1. The van der Waals surface area contributed by atoms with E-state index in [2.05, 4.69) is 30.2 Å². The highest BCUT2D eigenvalue weighted by Crippen LogP contribution is 2.33. The first kappa shape index (κ1) is 14.9. The van der Waals surface area contributed by atoms with Crippen molar-refractivity contribution in [3.05, 3.63) is 53.6 Å². The van der Waals surface area contributed by atoms with Gasteiger partial charge in [0.15, 0.2) is 0 Å². The second kappa shape index (κ2) is 5.74. The number of amides is 1. The minimum Gasteiger partial charge on any atom is -0.305 e. The molecule has 0 N–H and O–H groups in total. The van der Waals surface area contributed by atoms with Crippen LogP contribution in [0.3, 0.4) is 0 Å². The second-order valence-corrected chi connectivity index (χ2v) is 6.37. The van der Waals surface area contributed by atoms with Gasteiger partial charge in [-0.05, 0) is 49.6 Å². The summed E-state index contributed by atoms with van der Waals surface area (Å²) in [6.07, 6.45) is 1.90. The van der Waals surface area contributed by atoms with Crippen molar-refractivity contribution in [2.45, 2.75) is 39.3 Å². The minimum atomic E-state index is 0.0272. The van der Waals surface area contributed by atoms with Crippen molar-refractivity contribution in [1.29, 1.82) is 0 Å². The maximum absolute atomic E-state index is 13.1. The molecule has 0 saturated heterocycles. The number of para-hydroxylation sites is 1. The Morgan fingerprint density at radius 2 is 2.08 bits per heavy atom. The third-order valence-electron chi connectivity index (χ3n) is 4.62. The molecule has 1 amide bonds. The van der Waals surface area contributed by atoms with E-state index in [1.165, 1.54) is 5.56 Å². The summed E-state index contributed by atoms with van der Waals surface area (Å²) in [5, 5.41) is 8.39. The van der Waals surface area contributed by atoms with Crippen LogP contribution in [0, 0.1) is 0 Å². The minimum absolute atomic E-state index is 0.0272. The molecule has 5 heteroatoms. The lowest BCUT2D eigenvalue weighted by atomic mass is 10.1. The van der Waals surface area contributed by atoms with E-state index in [1.807, 2.05) is 46.0 Å². The zero-order valence-corrected chi connectivity index (χ0v) is 13.9. The number of nitrogens with zero attached hydrogens (tertiary/aromatic N) is 4. The van der Waals surface area contributed by atoms with Gasteiger partial charge >= 0.3 is 0 Å². The van der Waals surface area contributed by atoms with Gasteiger partial charge in [-0.15, -0.1) is 5.10 Å². The molecule has 2 aromatic carbocycles. The molecule has 5 nitrogen and oxygen atoms in total. The van der Waals surface area contributed by atoms with Gasteiger partial charge in [-0.25, -0.2) is 4.68 Å². The lowest BCUT2D eigenvalue weighted by Gasteiger charge is -2.22. The number of hydrogen-bond donors (Lipinski definition) is 0. The van der Waals surface area contributed by atoms with E-state index in [4.69, 9.17) is 0 Å². The summed E-state index contributed by atoms with van der Waals surface area (Å²) in [7, 11) is 0. The van der Waals surface area contributed by atoms with Crippen molar-refractivity contribution < 1.29 is 4.79 Å². The second-order valence-electron chi connectivity index (χ2n) is 6.37. The van der Waals surface area contributed by atoms with Crippen molar-refractivity contribution >= 4 is 22.6 Å². The maximum atomic E-state index is 13.1. The topological polar surface area (TPSA) is 51.0 Å². The van der Waals surface area contributed by atoms with Crippen LogP contribution in [0.15, 0.2) is 42.5 Å². The highest BCUT2D eigenvalue weighted by atomic mass is 16.2. The molecule has 0 fully saturated rings. The Kier molecular flexibility index (Phi) is 3.56. The molecule has 1 aliphatic rings. The zero-order chi connectivity index (χ0) is 16.7. The van der Waals surface area contributed by atoms with Crippen molar-refractivity contribution in [1.82, 2.24) is 15.0 Å². The largest absolute Gasteiger partial charge is 0.305 e. The maximum Gasteiger partial charge on any atom is 0.258 e. The SMILES string of the molecule is CCCn1nnc2cc(C(=O)N3c4ccccc4C[C@H]3C)ccc21. The summed E-state index contributed by atoms with van der Waals surface area (Å²) >= 11 is 0. The number of carbonyl (C=O) groups is 1. The third kappa shape index (κ3) is 2.28. The molecule has 0 radical (unpaired) electrons. The van der Waals surface area contributed by atoms with E-state index >= 15 is 0 Å². The van der Waals surface area contributed by atoms with E-state index in [0.29, 0.717) is 5.56 Å². The highest BCUT2D eigenvalue weighted by molar-refractivity contribution is 6.09. The van der Waals surface area contributed by atoms with Crippen molar-refractivity contribution in [3.8, 4) is 0 Å². The van der Waals surface area contributed by atoms with E-state index in [9.17, 15) is 4.79 Å². The summed E-state index contributed by atoms with van der Waals surface area (Å²) in [6.45, 7) is 5.03. The molecule has 3 aromatic rings. The van der Waals surface area contributed by atoms with E-state index in [0.717, 1.165) is 36.1 Å². The predicted octanol–water partition coefficient (Wildman–Crippen LogP) is 3.43. The third-order valence-corrected chi connectivity index (χ3v) is 4.62. The summed E-state index contributed by atoms with van der Waals surface area (Å²) in [5.74, 6) is 0.0272. The average Bonchev–Trinajstić information content (AvgIpc) is 3.14. The van der Waals surface area contributed by atoms with Crippen molar-refractivity contribution in [3.63, 3.8) is 0 Å². The number of hydrogen-bond acceptors (Lipinski definition) is 3. The Balaban J connectivity index is 1.71. The average molecular weight is 320 g/mol. The lowest BCUT2D eigenvalue weighted by Crippen LogP contribution is -2.35. The first-order chi connectivity index (χ1) is 11.7. The van der Waals surface area contributed by atoms with E-state index < -0.39 is 0 Å². The normalized spacial score (nSPS) is 16.6. The van der Waals surface area contributed by atoms with Gasteiger partial charge in [0, 0.05) is 23.8 Å². The Hall–Kier alpha value is -2.69. The fraction of sp³-hybridized carbons (Fsp3) is 0.316. The highest BCUT2D eigenvalue weighted by Gasteiger charge is 2.31. The van der Waals surface area contributed by atoms with Crippen molar-refractivity contribution in [2.24, 2.45) is 0 Å². The van der Waals surface area contributed by atoms with Crippen LogP contribution in [0.4, 0.5) is 5.69 Å². The van der Waals surface area contributed by atoms with Gasteiger partial charge in [0.25, 0.3) is 5.91 Å². The Morgan fingerprint density at radius 1 is 1.25 bits per heavy atom. The zero-order valence-electron chi connectivity index (χ0n) is 13.9. The van der Waals surface area contributed by atoms with Gasteiger partial charge in [0.05, 0.1) is 5.52 Å². The van der Waals surface area contributed by atoms with Gasteiger partial charge in [0.2, 0.25) is 0 Å². The molecule has 4 rings (SSSR count). The lowest BCUT2D eigenvalue weighted by molar-refractivity contribution is 0.0981. The van der Waals surface area contributed by atoms with Gasteiger partial charge in [-0.3, -0.25) is 4.79 Å². The molecule has 2 heterocycles. The van der Waals surface area contributed by atoms with Gasteiger partial charge in [-0.2, -0.15) is 0 Å². The Labute approximate surface area is 140 Å². The molecule has 1 atom stereocenters. The first-order valence-electron chi connectivity index (χ1n) is 8.43. The summed E-state index contributed by atoms with van der Waals surface area (Å²) in [4.78, 5) is 15.0. The number of fused-ring (bicyclic) bond motifs is 2. The van der Waals surface area contributed by atoms with Crippen LogP contribution in [0.5, 0.6) is 0 Å². The van der Waals surface area contributed by atoms with Crippen LogP contribution in [0.1, 0.15) is 36.2 Å². The van der Waals surface area contributed by atoms with Crippen LogP contribution in [0.25, 0.3) is 11.0 Å². The molecule has 0 spiro atoms. The summed E-state index contributed by atoms with van der Waals surface area (Å²) in [5.41, 5.74) is 4.66. The molecule has 0 saturated carbocycles. The molecule has 0 unspecified atom stereocenters. The summed E-state index contributed by atoms with van der Waals surface area (Å²) in [6, 6.07) is 14.0. The fourth-order valence-corrected chi connectivity index (χ4v) is 3.50. The van der Waals surface area contributed by atoms with E-state index in [-0.39, 0.29) is 11.9 Å². The van der Waals surface area contributed by atoms with Gasteiger partial charge in [-0.1, -0.05) is 30.3 Å². The number of benzene rings is 2. The summed E-state index contributed by atoms with van der Waals surface area (Å²) < 4.78 is 1.89. The monoisotopic (exact) mass is 320 g/mol. The fourth-order valence-electron chi connectivity index (χ4n) is 3.50. The molecular weight excluding hydrogens is 300 g/mol. The van der Waals surface area contributed by atoms with Gasteiger partial charge < -0.3 is 4.90 Å². The molecule has 0 aliphatic carbocycles. The predicted molar refractivity (Wildman–Crippen MR) is 94.2 cm³/mol. The van der Waals surface area contributed by atoms with Crippen LogP contribution in [-0.2, 0) is 13.0 Å². The van der Waals surface area contributed by atoms with Crippen LogP contribution in [-0.4, -0.2) is 26.9 Å². The first-order valence-corrected chi connectivity index (χ1v) is 8.43. The molecule has 1 aliphatic heterocycles. The Morgan fingerprint density at radius 3 is 2.92 bits per heavy atom. The van der Waals surface area contributed by atoms with E-state index in [1.54, 1.807) is 0 Å². The quantitative estimate of drug-likeness (QED) is 0.743. The van der Waals surface area contributed by atoms with Crippen molar-refractivity contribution in [2.75, 3.05) is 4.90 Å². The molecular formula is C19H20N4O.